The van der Waals surface area contributed by atoms with Crippen LogP contribution in [0.5, 0.6) is 5.75 Å². The summed E-state index contributed by atoms with van der Waals surface area (Å²) in [6.07, 6.45) is 3.89. The molecular weight excluding hydrogens is 538 g/mol. The summed E-state index contributed by atoms with van der Waals surface area (Å²) in [7, 11) is 0. The van der Waals surface area contributed by atoms with Crippen LogP contribution in [0.25, 0.3) is 4.85 Å². The van der Waals surface area contributed by atoms with Gasteiger partial charge in [0.2, 0.25) is 11.6 Å². The van der Waals surface area contributed by atoms with Gasteiger partial charge in [-0.25, -0.2) is 14.8 Å². The zero-order valence-corrected chi connectivity index (χ0v) is 25.2. The van der Waals surface area contributed by atoms with Crippen LogP contribution in [0.2, 0.25) is 5.02 Å². The van der Waals surface area contributed by atoms with Crippen LogP contribution in [-0.2, 0) is 6.54 Å². The number of carbonyl (C=O) groups excluding carboxylic acids is 1. The van der Waals surface area contributed by atoms with E-state index in [0.29, 0.717) is 28.6 Å². The molecule has 3 fully saturated rings. The SMILES string of the molecule is [C-]#[N+]c1ccc(OC2C(C)(C)C(N3Cc4nc(N5CCC(CN6CCNCC6)CC5)ncc4C3=O)C2(C)C)cc1Cl. The molecule has 4 heterocycles. The highest BCUT2D eigenvalue weighted by Gasteiger charge is 2.67. The molecule has 1 aliphatic carbocycles. The molecule has 0 radical (unpaired) electrons. The molecule has 1 N–H and O–H groups in total. The molecule has 1 aromatic heterocycles. The van der Waals surface area contributed by atoms with Crippen molar-refractivity contribution in [3.8, 4) is 5.75 Å². The Bertz CT molecular complexity index is 1340. The van der Waals surface area contributed by atoms with Crippen LogP contribution in [0.1, 0.15) is 56.6 Å². The Morgan fingerprint density at radius 1 is 1.12 bits per heavy atom. The number of halogens is 1. The van der Waals surface area contributed by atoms with Gasteiger partial charge in [-0.2, -0.15) is 0 Å². The van der Waals surface area contributed by atoms with Crippen molar-refractivity contribution in [3.63, 3.8) is 0 Å². The molecule has 0 unspecified atom stereocenters. The summed E-state index contributed by atoms with van der Waals surface area (Å²) in [6.45, 7) is 23.9. The molecule has 3 aliphatic heterocycles. The zero-order chi connectivity index (χ0) is 28.9. The van der Waals surface area contributed by atoms with E-state index in [4.69, 9.17) is 27.9 Å². The normalized spacial score (nSPS) is 25.9. The van der Waals surface area contributed by atoms with Crippen LogP contribution < -0.4 is 15.0 Å². The predicted octanol–water partition coefficient (Wildman–Crippen LogP) is 4.64. The van der Waals surface area contributed by atoms with Crippen LogP contribution in [0.4, 0.5) is 11.6 Å². The van der Waals surface area contributed by atoms with Crippen molar-refractivity contribution in [1.29, 1.82) is 0 Å². The topological polar surface area (TPSA) is 78.2 Å². The molecule has 218 valence electrons. The van der Waals surface area contributed by atoms with Crippen LogP contribution in [-0.4, -0.2) is 83.6 Å². The molecule has 2 saturated heterocycles. The number of hydrogen-bond donors (Lipinski definition) is 1. The van der Waals surface area contributed by atoms with Gasteiger partial charge in [-0.05, 0) is 30.9 Å². The summed E-state index contributed by atoms with van der Waals surface area (Å²) in [5.41, 5.74) is 1.22. The van der Waals surface area contributed by atoms with E-state index in [1.807, 2.05) is 4.90 Å². The van der Waals surface area contributed by atoms with Crippen molar-refractivity contribution in [2.75, 3.05) is 50.7 Å². The Kier molecular flexibility index (Phi) is 7.37. The number of piperidine rings is 1. The number of amides is 1. The van der Waals surface area contributed by atoms with Gasteiger partial charge in [-0.15, -0.1) is 0 Å². The first-order valence-electron chi connectivity index (χ1n) is 14.8. The summed E-state index contributed by atoms with van der Waals surface area (Å²) in [5, 5.41) is 3.82. The Morgan fingerprint density at radius 3 is 2.49 bits per heavy atom. The van der Waals surface area contributed by atoms with Gasteiger partial charge in [-0.1, -0.05) is 45.4 Å². The number of carbonyl (C=O) groups is 1. The maximum atomic E-state index is 13.6. The van der Waals surface area contributed by atoms with Crippen LogP contribution >= 0.6 is 11.6 Å². The van der Waals surface area contributed by atoms with Gasteiger partial charge in [0.1, 0.15) is 11.9 Å². The van der Waals surface area contributed by atoms with Crippen molar-refractivity contribution < 1.29 is 9.53 Å². The van der Waals surface area contributed by atoms with Gasteiger partial charge < -0.3 is 24.8 Å². The Labute approximate surface area is 248 Å². The van der Waals surface area contributed by atoms with E-state index in [1.165, 1.54) is 6.54 Å². The summed E-state index contributed by atoms with van der Waals surface area (Å²) < 4.78 is 6.45. The highest BCUT2D eigenvalue weighted by Crippen LogP contribution is 2.59. The summed E-state index contributed by atoms with van der Waals surface area (Å²) in [6, 6.07) is 5.15. The van der Waals surface area contributed by atoms with Crippen LogP contribution in [0.15, 0.2) is 24.4 Å². The highest BCUT2D eigenvalue weighted by atomic mass is 35.5. The third-order valence-electron chi connectivity index (χ3n) is 9.66. The number of piperazine rings is 1. The van der Waals surface area contributed by atoms with Crippen LogP contribution in [0.3, 0.4) is 0 Å². The number of nitrogens with one attached hydrogen (secondary N) is 1. The van der Waals surface area contributed by atoms with Gasteiger partial charge in [0.25, 0.3) is 5.91 Å². The summed E-state index contributed by atoms with van der Waals surface area (Å²) in [5.74, 6) is 2.09. The Balaban J connectivity index is 1.11. The Morgan fingerprint density at radius 2 is 1.83 bits per heavy atom. The molecule has 10 heteroatoms. The first-order chi connectivity index (χ1) is 19.6. The number of benzene rings is 1. The fraction of sp³-hybridized carbons (Fsp3) is 0.613. The quantitative estimate of drug-likeness (QED) is 0.501. The van der Waals surface area contributed by atoms with E-state index in [2.05, 4.69) is 52.6 Å². The maximum Gasteiger partial charge on any atom is 0.258 e. The van der Waals surface area contributed by atoms with Crippen molar-refractivity contribution >= 4 is 29.1 Å². The summed E-state index contributed by atoms with van der Waals surface area (Å²) >= 11 is 6.27. The largest absolute Gasteiger partial charge is 0.489 e. The fourth-order valence-corrected chi connectivity index (χ4v) is 8.24. The molecule has 1 amide bonds. The minimum atomic E-state index is -0.311. The Hall–Kier alpha value is -2.93. The van der Waals surface area contributed by atoms with Gasteiger partial charge in [0, 0.05) is 68.9 Å². The third-order valence-corrected chi connectivity index (χ3v) is 9.96. The lowest BCUT2D eigenvalue weighted by Gasteiger charge is -2.65. The van der Waals surface area contributed by atoms with Crippen molar-refractivity contribution in [1.82, 2.24) is 25.1 Å². The molecule has 1 saturated carbocycles. The molecule has 0 bridgehead atoms. The van der Waals surface area contributed by atoms with Gasteiger partial charge in [-0.3, -0.25) is 4.79 Å². The lowest BCUT2D eigenvalue weighted by Crippen LogP contribution is -2.74. The van der Waals surface area contributed by atoms with E-state index in [1.54, 1.807) is 24.4 Å². The number of aromatic nitrogens is 2. The smallest absolute Gasteiger partial charge is 0.258 e. The maximum absolute atomic E-state index is 13.6. The first-order valence-corrected chi connectivity index (χ1v) is 15.2. The van der Waals surface area contributed by atoms with E-state index in [9.17, 15) is 4.79 Å². The van der Waals surface area contributed by atoms with Crippen molar-refractivity contribution in [2.24, 2.45) is 16.7 Å². The van der Waals surface area contributed by atoms with E-state index >= 15 is 0 Å². The molecular formula is C31H40ClN7O2. The van der Waals surface area contributed by atoms with Crippen molar-refractivity contribution in [3.05, 3.63) is 52.1 Å². The lowest BCUT2D eigenvalue weighted by molar-refractivity contribution is -0.199. The monoisotopic (exact) mass is 577 g/mol. The van der Waals surface area contributed by atoms with E-state index in [-0.39, 0.29) is 28.9 Å². The number of rotatable bonds is 6. The molecule has 2 aromatic rings. The molecule has 1 aromatic carbocycles. The second-order valence-electron chi connectivity index (χ2n) is 13.2. The van der Waals surface area contributed by atoms with E-state index in [0.717, 1.165) is 69.7 Å². The number of nitrogens with zero attached hydrogens (tertiary/aromatic N) is 6. The van der Waals surface area contributed by atoms with E-state index < -0.39 is 0 Å². The number of fused-ring (bicyclic) bond motifs is 1. The molecule has 0 atom stereocenters. The lowest BCUT2D eigenvalue weighted by atomic mass is 9.49. The average Bonchev–Trinajstić information content (AvgIpc) is 3.26. The average molecular weight is 578 g/mol. The minimum absolute atomic E-state index is 0.00432. The second kappa shape index (κ2) is 10.7. The molecule has 9 nitrogen and oxygen atoms in total. The zero-order valence-electron chi connectivity index (χ0n) is 24.5. The van der Waals surface area contributed by atoms with Gasteiger partial charge >= 0.3 is 0 Å². The fourth-order valence-electron chi connectivity index (χ4n) is 8.03. The van der Waals surface area contributed by atoms with Gasteiger partial charge in [0.05, 0.1) is 29.4 Å². The molecule has 41 heavy (non-hydrogen) atoms. The van der Waals surface area contributed by atoms with Gasteiger partial charge in [0.15, 0.2) is 0 Å². The number of hydrogen-bond acceptors (Lipinski definition) is 7. The number of anilines is 1. The first kappa shape index (κ1) is 28.2. The number of ether oxygens (including phenoxy) is 1. The second-order valence-corrected chi connectivity index (χ2v) is 13.6. The predicted molar refractivity (Wildman–Crippen MR) is 160 cm³/mol. The van der Waals surface area contributed by atoms with Crippen molar-refractivity contribution in [2.45, 2.75) is 59.2 Å². The highest BCUT2D eigenvalue weighted by molar-refractivity contribution is 6.33. The standard InChI is InChI=1S/C31H40ClN7O2/c1-30(2)27(31(3,4)28(30)41-21-6-7-24(33-5)23(32)16-21)39-19-25-22(26(39)40)17-35-29(36-25)38-12-8-20(9-13-38)18-37-14-10-34-11-15-37/h6-7,16-17,20,27-28,34H,8-15,18-19H2,1-4H3. The van der Waals surface area contributed by atoms with Crippen LogP contribution in [0, 0.1) is 23.3 Å². The molecule has 6 rings (SSSR count). The minimum Gasteiger partial charge on any atom is -0.489 e. The summed E-state index contributed by atoms with van der Waals surface area (Å²) in [4.78, 5) is 33.5. The molecule has 4 aliphatic rings. The third kappa shape index (κ3) is 5.04. The molecule has 0 spiro atoms.